The second-order valence-corrected chi connectivity index (χ2v) is 0.854. The summed E-state index contributed by atoms with van der Waals surface area (Å²) in [6, 6.07) is 0. The number of hydrogen-bond acceptors (Lipinski definition) is 0. The Morgan fingerprint density at radius 1 is 1.00 bits per heavy atom. The van der Waals surface area contributed by atoms with Gasteiger partial charge in [0.05, 0.1) is 0 Å². The van der Waals surface area contributed by atoms with Crippen molar-refractivity contribution in [3.63, 3.8) is 0 Å². The molecule has 0 aromatic carbocycles. The molecule has 2 heteroatoms. The summed E-state index contributed by atoms with van der Waals surface area (Å²) in [6.07, 6.45) is 0.722. The Kier molecular flexibility index (Phi) is 3.86. The molecule has 2 radical (unpaired) electrons. The van der Waals surface area contributed by atoms with Crippen LogP contribution in [0.2, 0.25) is 0 Å². The van der Waals surface area contributed by atoms with Crippen LogP contribution in [0.1, 0.15) is 6.42 Å². The van der Waals surface area contributed by atoms with Crippen molar-refractivity contribution < 1.29 is 0 Å². The van der Waals surface area contributed by atoms with Gasteiger partial charge in [-0.25, -0.2) is 0 Å². The Morgan fingerprint density at radius 3 is 1.40 bits per heavy atom. The number of nitrogens with one attached hydrogen (secondary N) is 2. The van der Waals surface area contributed by atoms with Crippen molar-refractivity contribution in [2.45, 2.75) is 6.42 Å². The highest BCUT2D eigenvalue weighted by atomic mass is 14.6. The maximum atomic E-state index is 6.48. The van der Waals surface area contributed by atoms with Crippen molar-refractivity contribution in [3.05, 3.63) is 0 Å². The molecule has 0 heterocycles. The minimum absolute atomic E-state index is 0.406. The van der Waals surface area contributed by atoms with E-state index in [4.69, 9.17) is 11.5 Å². The molecule has 0 atom stereocenters. The van der Waals surface area contributed by atoms with E-state index in [1.807, 2.05) is 0 Å². The van der Waals surface area contributed by atoms with E-state index >= 15 is 0 Å². The highest BCUT2D eigenvalue weighted by Crippen LogP contribution is 1.63. The van der Waals surface area contributed by atoms with Gasteiger partial charge in [-0.1, -0.05) is 0 Å². The largest absolute Gasteiger partial charge is 0.258 e. The summed E-state index contributed by atoms with van der Waals surface area (Å²) in [6.45, 7) is 0.812. The smallest absolute Gasteiger partial charge is 0.0112 e. The van der Waals surface area contributed by atoms with Crippen molar-refractivity contribution >= 4 is 0 Å². The minimum atomic E-state index is 0.406. The average molecular weight is 72.1 g/mol. The normalized spacial score (nSPS) is 8.40. The van der Waals surface area contributed by atoms with Crippen LogP contribution >= 0.6 is 0 Å². The lowest BCUT2D eigenvalue weighted by molar-refractivity contribution is 0.814. The second-order valence-electron chi connectivity index (χ2n) is 0.854. The number of rotatable bonds is 2. The van der Waals surface area contributed by atoms with E-state index in [1.165, 1.54) is 0 Å². The molecule has 5 heavy (non-hydrogen) atoms. The first-order chi connectivity index (χ1) is 2.41. The molecule has 30 valence electrons. The van der Waals surface area contributed by atoms with Gasteiger partial charge in [0, 0.05) is 13.1 Å². The molecule has 0 aliphatic heterocycles. The van der Waals surface area contributed by atoms with Gasteiger partial charge in [0.1, 0.15) is 0 Å². The van der Waals surface area contributed by atoms with E-state index in [9.17, 15) is 0 Å². The highest BCUT2D eigenvalue weighted by Gasteiger charge is 1.69. The van der Waals surface area contributed by atoms with E-state index in [-0.39, 0.29) is 0 Å². The lowest BCUT2D eigenvalue weighted by Gasteiger charge is -1.78. The molecule has 0 fully saturated rings. The van der Waals surface area contributed by atoms with Gasteiger partial charge in [-0.2, -0.15) is 0 Å². The molecule has 0 saturated heterocycles. The fraction of sp³-hybridized carbons (Fsp3) is 1.00. The van der Waals surface area contributed by atoms with E-state index < -0.39 is 0 Å². The van der Waals surface area contributed by atoms with Gasteiger partial charge in [0.2, 0.25) is 0 Å². The molecule has 0 spiro atoms. The summed E-state index contributed by atoms with van der Waals surface area (Å²) in [4.78, 5) is 0. The summed E-state index contributed by atoms with van der Waals surface area (Å²) in [5.41, 5.74) is 13.0. The quantitative estimate of drug-likeness (QED) is 0.439. The lowest BCUT2D eigenvalue weighted by atomic mass is 10.4. The molecule has 0 unspecified atom stereocenters. The van der Waals surface area contributed by atoms with Crippen LogP contribution in [0.5, 0.6) is 0 Å². The first kappa shape index (κ1) is 4.92. The predicted octanol–water partition coefficient (Wildman–Crippen LogP) is -0.0577. The van der Waals surface area contributed by atoms with Gasteiger partial charge >= 0.3 is 0 Å². The van der Waals surface area contributed by atoms with Crippen molar-refractivity contribution in [2.75, 3.05) is 13.1 Å². The summed E-state index contributed by atoms with van der Waals surface area (Å²) >= 11 is 0. The fourth-order valence-electron chi connectivity index (χ4n) is 0.0884. The topological polar surface area (TPSA) is 47.6 Å². The molecule has 2 N–H and O–H groups in total. The van der Waals surface area contributed by atoms with Crippen LogP contribution in [0.3, 0.4) is 0 Å². The Labute approximate surface area is 32.1 Å². The first-order valence-electron chi connectivity index (χ1n) is 1.71. The summed E-state index contributed by atoms with van der Waals surface area (Å²) < 4.78 is 0. The van der Waals surface area contributed by atoms with Crippen molar-refractivity contribution in [1.29, 1.82) is 0 Å². The van der Waals surface area contributed by atoms with E-state index in [2.05, 4.69) is 0 Å². The zero-order valence-electron chi connectivity index (χ0n) is 3.12. The maximum Gasteiger partial charge on any atom is 0.0112 e. The molecule has 0 aliphatic rings. The van der Waals surface area contributed by atoms with E-state index in [0.717, 1.165) is 6.42 Å². The van der Waals surface area contributed by atoms with Crippen LogP contribution in [0.15, 0.2) is 0 Å². The van der Waals surface area contributed by atoms with Gasteiger partial charge in [-0.05, 0) is 6.42 Å². The van der Waals surface area contributed by atoms with Crippen LogP contribution in [-0.2, 0) is 0 Å². The Hall–Kier alpha value is -0.0800. The fourth-order valence-corrected chi connectivity index (χ4v) is 0.0884. The van der Waals surface area contributed by atoms with Crippen LogP contribution in [0.4, 0.5) is 0 Å². The summed E-state index contributed by atoms with van der Waals surface area (Å²) in [5, 5.41) is 0. The third-order valence-corrected chi connectivity index (χ3v) is 0.354. The number of hydrogen-bond donors (Lipinski definition) is 0. The average Bonchev–Trinajstić information content (AvgIpc) is 1.41. The zero-order chi connectivity index (χ0) is 4.12. The monoisotopic (exact) mass is 72.1 g/mol. The van der Waals surface area contributed by atoms with Crippen LogP contribution in [0, 0.1) is 0 Å². The molecule has 0 saturated carbocycles. The van der Waals surface area contributed by atoms with E-state index in [1.54, 1.807) is 0 Å². The molecule has 0 aromatic heterocycles. The Morgan fingerprint density at radius 2 is 1.40 bits per heavy atom. The van der Waals surface area contributed by atoms with Crippen LogP contribution < -0.4 is 11.5 Å². The molecule has 2 nitrogen and oxygen atoms in total. The van der Waals surface area contributed by atoms with Gasteiger partial charge in [0.15, 0.2) is 0 Å². The second kappa shape index (κ2) is 3.92. The standard InChI is InChI=1S/C3H8N2/c4-2-1-3-5/h4-5H,1-3H2. The van der Waals surface area contributed by atoms with Crippen LogP contribution in [-0.4, -0.2) is 13.1 Å². The third kappa shape index (κ3) is 3.92. The van der Waals surface area contributed by atoms with Crippen molar-refractivity contribution in [2.24, 2.45) is 0 Å². The van der Waals surface area contributed by atoms with Gasteiger partial charge < -0.3 is 0 Å². The van der Waals surface area contributed by atoms with Crippen molar-refractivity contribution in [3.8, 4) is 0 Å². The van der Waals surface area contributed by atoms with Gasteiger partial charge in [-0.15, -0.1) is 0 Å². The predicted molar refractivity (Wildman–Crippen MR) is 20.5 cm³/mol. The minimum Gasteiger partial charge on any atom is -0.258 e. The van der Waals surface area contributed by atoms with E-state index in [0.29, 0.717) is 13.1 Å². The molecular formula is C3H8N2. The summed E-state index contributed by atoms with van der Waals surface area (Å²) in [5.74, 6) is 0. The molecule has 0 aliphatic carbocycles. The molecule has 0 rings (SSSR count). The molecule has 0 bridgehead atoms. The first-order valence-corrected chi connectivity index (χ1v) is 1.71. The summed E-state index contributed by atoms with van der Waals surface area (Å²) in [7, 11) is 0. The lowest BCUT2D eigenvalue weighted by Crippen LogP contribution is -1.89. The SMILES string of the molecule is [NH]CCC[NH]. The van der Waals surface area contributed by atoms with Crippen molar-refractivity contribution in [1.82, 2.24) is 11.5 Å². The molecular weight excluding hydrogens is 64.0 g/mol. The zero-order valence-corrected chi connectivity index (χ0v) is 3.12. The van der Waals surface area contributed by atoms with Gasteiger partial charge in [-0.3, -0.25) is 11.5 Å². The molecule has 0 aromatic rings. The Bertz CT molecular complexity index is 12.4. The van der Waals surface area contributed by atoms with Gasteiger partial charge in [0.25, 0.3) is 0 Å². The maximum absolute atomic E-state index is 6.48. The van der Waals surface area contributed by atoms with Crippen LogP contribution in [0.25, 0.3) is 0 Å². The molecule has 0 amide bonds. The highest BCUT2D eigenvalue weighted by molar-refractivity contribution is 4.32. The Balaban J connectivity index is 2.19. The third-order valence-electron chi connectivity index (χ3n) is 0.354.